The van der Waals surface area contributed by atoms with E-state index in [1.54, 1.807) is 0 Å². The van der Waals surface area contributed by atoms with Gasteiger partial charge in [0.25, 0.3) is 5.91 Å². The smallest absolute Gasteiger partial charge is 0.276 e. The minimum absolute atomic E-state index is 0.0625. The maximum atomic E-state index is 12.0. The van der Waals surface area contributed by atoms with Gasteiger partial charge in [-0.25, -0.2) is 0 Å². The molecule has 1 aromatic rings. The normalized spacial score (nSPS) is 11.1. The summed E-state index contributed by atoms with van der Waals surface area (Å²) in [5.41, 5.74) is 0.379. The van der Waals surface area contributed by atoms with Gasteiger partial charge in [0.2, 0.25) is 0 Å². The Morgan fingerprint density at radius 2 is 2.13 bits per heavy atom. The van der Waals surface area contributed by atoms with Gasteiger partial charge in [0.1, 0.15) is 0 Å². The van der Waals surface area contributed by atoms with Gasteiger partial charge in [0.15, 0.2) is 5.69 Å². The third kappa shape index (κ3) is 3.04. The van der Waals surface area contributed by atoms with Crippen LogP contribution in [0.2, 0.25) is 0 Å². The van der Waals surface area contributed by atoms with E-state index in [-0.39, 0.29) is 11.9 Å². The molecule has 0 spiro atoms. The van der Waals surface area contributed by atoms with Crippen LogP contribution in [0.3, 0.4) is 0 Å². The third-order valence-electron chi connectivity index (χ3n) is 2.08. The molecule has 15 heavy (non-hydrogen) atoms. The number of aromatic amines is 1. The van der Waals surface area contributed by atoms with Crippen molar-refractivity contribution in [2.45, 2.75) is 33.7 Å². The first-order chi connectivity index (χ1) is 7.02. The Kier molecular flexibility index (Phi) is 3.82. The molecule has 0 aromatic carbocycles. The van der Waals surface area contributed by atoms with Crippen molar-refractivity contribution in [3.8, 4) is 0 Å². The van der Waals surface area contributed by atoms with Crippen molar-refractivity contribution in [1.29, 1.82) is 0 Å². The number of rotatable bonds is 4. The zero-order valence-corrected chi connectivity index (χ0v) is 9.69. The second-order valence-electron chi connectivity index (χ2n) is 4.30. The number of hydrogen-bond donors (Lipinski definition) is 1. The molecular weight excluding hydrogens is 192 g/mol. The Hall–Kier alpha value is -1.39. The van der Waals surface area contributed by atoms with Crippen LogP contribution < -0.4 is 0 Å². The van der Waals surface area contributed by atoms with Gasteiger partial charge in [-0.15, -0.1) is 0 Å². The summed E-state index contributed by atoms with van der Waals surface area (Å²) >= 11 is 0. The molecule has 0 unspecified atom stereocenters. The highest BCUT2D eigenvalue weighted by Gasteiger charge is 2.21. The van der Waals surface area contributed by atoms with Crippen molar-refractivity contribution in [2.75, 3.05) is 6.54 Å². The highest BCUT2D eigenvalue weighted by atomic mass is 16.2. The van der Waals surface area contributed by atoms with Crippen molar-refractivity contribution in [3.05, 3.63) is 11.9 Å². The molecule has 0 saturated heterocycles. The van der Waals surface area contributed by atoms with Gasteiger partial charge in [-0.05, 0) is 19.8 Å². The molecule has 0 aliphatic heterocycles. The first-order valence-electron chi connectivity index (χ1n) is 5.19. The van der Waals surface area contributed by atoms with Crippen LogP contribution in [0.5, 0.6) is 0 Å². The summed E-state index contributed by atoms with van der Waals surface area (Å²) in [5.74, 6) is 0.385. The number of nitrogens with one attached hydrogen (secondary N) is 1. The van der Waals surface area contributed by atoms with Crippen LogP contribution in [0, 0.1) is 5.92 Å². The number of carbonyl (C=O) groups is 1. The molecule has 1 aromatic heterocycles. The number of carbonyl (C=O) groups excluding carboxylic acids is 1. The molecule has 1 heterocycles. The Labute approximate surface area is 89.9 Å². The molecule has 0 aliphatic carbocycles. The summed E-state index contributed by atoms with van der Waals surface area (Å²) in [4.78, 5) is 13.8. The number of hydrogen-bond acceptors (Lipinski definition) is 3. The molecule has 0 fully saturated rings. The molecule has 5 heteroatoms. The summed E-state index contributed by atoms with van der Waals surface area (Å²) in [6, 6.07) is 0.177. The largest absolute Gasteiger partial charge is 0.335 e. The van der Waals surface area contributed by atoms with E-state index in [9.17, 15) is 4.79 Å². The molecule has 0 aliphatic rings. The molecular formula is C10H18N4O. The molecule has 0 saturated carbocycles. The van der Waals surface area contributed by atoms with Crippen LogP contribution >= 0.6 is 0 Å². The van der Waals surface area contributed by atoms with E-state index in [0.29, 0.717) is 11.6 Å². The lowest BCUT2D eigenvalue weighted by atomic mass is 10.1. The fraction of sp³-hybridized carbons (Fsp3) is 0.700. The van der Waals surface area contributed by atoms with Crippen molar-refractivity contribution >= 4 is 5.91 Å². The Balaban J connectivity index is 2.76. The van der Waals surface area contributed by atoms with Gasteiger partial charge < -0.3 is 4.90 Å². The summed E-state index contributed by atoms with van der Waals surface area (Å²) < 4.78 is 0. The van der Waals surface area contributed by atoms with E-state index in [2.05, 4.69) is 29.3 Å². The van der Waals surface area contributed by atoms with Crippen molar-refractivity contribution < 1.29 is 4.79 Å². The third-order valence-corrected chi connectivity index (χ3v) is 2.08. The lowest BCUT2D eigenvalue weighted by molar-refractivity contribution is 0.0676. The summed E-state index contributed by atoms with van der Waals surface area (Å²) in [6.45, 7) is 8.92. The van der Waals surface area contributed by atoms with E-state index in [0.717, 1.165) is 6.54 Å². The van der Waals surface area contributed by atoms with E-state index < -0.39 is 0 Å². The van der Waals surface area contributed by atoms with Crippen LogP contribution in [0.15, 0.2) is 6.20 Å². The minimum Gasteiger partial charge on any atom is -0.335 e. The molecule has 0 bridgehead atoms. The lowest BCUT2D eigenvalue weighted by Crippen LogP contribution is -2.39. The number of amides is 1. The van der Waals surface area contributed by atoms with E-state index >= 15 is 0 Å². The number of H-pyrrole nitrogens is 1. The molecule has 0 radical (unpaired) electrons. The average molecular weight is 210 g/mol. The van der Waals surface area contributed by atoms with E-state index in [4.69, 9.17) is 0 Å². The highest BCUT2D eigenvalue weighted by Crippen LogP contribution is 2.08. The van der Waals surface area contributed by atoms with Crippen LogP contribution in [0.4, 0.5) is 0 Å². The Morgan fingerprint density at radius 3 is 2.53 bits per heavy atom. The van der Waals surface area contributed by atoms with E-state index in [1.165, 1.54) is 6.20 Å². The minimum atomic E-state index is -0.0625. The molecule has 1 N–H and O–H groups in total. The Morgan fingerprint density at radius 1 is 1.47 bits per heavy atom. The number of nitrogens with zero attached hydrogens (tertiary/aromatic N) is 3. The number of aromatic nitrogens is 3. The van der Waals surface area contributed by atoms with Crippen molar-refractivity contribution in [2.24, 2.45) is 5.92 Å². The fourth-order valence-corrected chi connectivity index (χ4v) is 1.37. The van der Waals surface area contributed by atoms with E-state index in [1.807, 2.05) is 18.7 Å². The van der Waals surface area contributed by atoms with Gasteiger partial charge in [-0.3, -0.25) is 4.79 Å². The van der Waals surface area contributed by atoms with Gasteiger partial charge in [0, 0.05) is 12.6 Å². The van der Waals surface area contributed by atoms with Crippen molar-refractivity contribution in [1.82, 2.24) is 20.3 Å². The monoisotopic (exact) mass is 210 g/mol. The zero-order chi connectivity index (χ0) is 11.4. The highest BCUT2D eigenvalue weighted by molar-refractivity contribution is 5.92. The summed E-state index contributed by atoms with van der Waals surface area (Å²) in [5, 5.41) is 9.89. The quantitative estimate of drug-likeness (QED) is 0.815. The van der Waals surface area contributed by atoms with Gasteiger partial charge in [-0.1, -0.05) is 13.8 Å². The van der Waals surface area contributed by atoms with Gasteiger partial charge in [-0.2, -0.15) is 15.4 Å². The molecule has 1 rings (SSSR count). The zero-order valence-electron chi connectivity index (χ0n) is 9.69. The maximum Gasteiger partial charge on any atom is 0.276 e. The topological polar surface area (TPSA) is 61.9 Å². The second kappa shape index (κ2) is 4.91. The Bertz CT molecular complexity index is 305. The predicted molar refractivity (Wildman–Crippen MR) is 57.4 cm³/mol. The molecule has 1 amide bonds. The van der Waals surface area contributed by atoms with Crippen molar-refractivity contribution in [3.63, 3.8) is 0 Å². The first kappa shape index (κ1) is 11.7. The second-order valence-corrected chi connectivity index (χ2v) is 4.30. The standard InChI is InChI=1S/C10H18N4O/c1-7(2)6-14(8(3)4)10(15)9-5-11-13-12-9/h5,7-8H,6H2,1-4H3,(H,11,12,13). The predicted octanol–water partition coefficient (Wildman–Crippen LogP) is 1.31. The fourth-order valence-electron chi connectivity index (χ4n) is 1.37. The summed E-state index contributed by atoms with van der Waals surface area (Å²) in [7, 11) is 0. The molecule has 84 valence electrons. The van der Waals surface area contributed by atoms with Gasteiger partial charge in [0.05, 0.1) is 6.20 Å². The summed E-state index contributed by atoms with van der Waals surface area (Å²) in [6.07, 6.45) is 1.46. The first-order valence-corrected chi connectivity index (χ1v) is 5.19. The van der Waals surface area contributed by atoms with Crippen LogP contribution in [-0.2, 0) is 0 Å². The van der Waals surface area contributed by atoms with Gasteiger partial charge >= 0.3 is 0 Å². The lowest BCUT2D eigenvalue weighted by Gasteiger charge is -2.27. The maximum absolute atomic E-state index is 12.0. The van der Waals surface area contributed by atoms with Crippen LogP contribution in [0.1, 0.15) is 38.2 Å². The molecule has 5 nitrogen and oxygen atoms in total. The van der Waals surface area contributed by atoms with Crippen LogP contribution in [-0.4, -0.2) is 38.8 Å². The SMILES string of the molecule is CC(C)CN(C(=O)c1cn[nH]n1)C(C)C. The van der Waals surface area contributed by atoms with Crippen LogP contribution in [0.25, 0.3) is 0 Å². The average Bonchev–Trinajstić information content (AvgIpc) is 2.65. The molecule has 0 atom stereocenters.